The molecule has 1 heterocycles. The van der Waals surface area contributed by atoms with Gasteiger partial charge >= 0.3 is 0 Å². The largest absolute Gasteiger partial charge is 0.428 e. The zero-order chi connectivity index (χ0) is 3.54. The summed E-state index contributed by atoms with van der Waals surface area (Å²) in [6, 6.07) is 0. The molecular formula is C3NO. The van der Waals surface area contributed by atoms with Crippen molar-refractivity contribution < 1.29 is 4.42 Å². The SMILES string of the molecule is [c]1[c]o[c]n1. The number of nitrogens with zero attached hydrogens (tertiary/aromatic N) is 1. The van der Waals surface area contributed by atoms with Crippen molar-refractivity contribution in [2.45, 2.75) is 0 Å². The fraction of sp³-hybridized carbons (Fsp3) is 0. The molecule has 0 amide bonds. The molecule has 0 saturated heterocycles. The summed E-state index contributed by atoms with van der Waals surface area (Å²) >= 11 is 0. The number of hydrogen-bond acceptors (Lipinski definition) is 2. The lowest BCUT2D eigenvalue weighted by Crippen LogP contribution is -1.42. The molecule has 0 aromatic carbocycles. The Morgan fingerprint density at radius 3 is 2.80 bits per heavy atom. The Labute approximate surface area is 29.4 Å². The van der Waals surface area contributed by atoms with E-state index >= 15 is 0 Å². The lowest BCUT2D eigenvalue weighted by molar-refractivity contribution is 0.539. The van der Waals surface area contributed by atoms with Gasteiger partial charge in [0.1, 0.15) is 6.20 Å². The minimum Gasteiger partial charge on any atom is -0.428 e. The van der Waals surface area contributed by atoms with Crippen molar-refractivity contribution in [3.05, 3.63) is 18.9 Å². The van der Waals surface area contributed by atoms with Gasteiger partial charge in [-0.2, -0.15) is 0 Å². The molecule has 23 valence electrons. The van der Waals surface area contributed by atoms with Gasteiger partial charge in [-0.15, -0.1) is 0 Å². The molecule has 2 nitrogen and oxygen atoms in total. The number of aromatic nitrogens is 1. The topological polar surface area (TPSA) is 26.0 Å². The zero-order valence-corrected chi connectivity index (χ0v) is 2.36. The van der Waals surface area contributed by atoms with Gasteiger partial charge in [-0.25, -0.2) is 4.98 Å². The van der Waals surface area contributed by atoms with Crippen LogP contribution in [0.2, 0.25) is 0 Å². The minimum atomic E-state index is 2.12. The molecule has 0 atom stereocenters. The van der Waals surface area contributed by atoms with Crippen LogP contribution in [0.25, 0.3) is 0 Å². The van der Waals surface area contributed by atoms with E-state index in [2.05, 4.69) is 28.3 Å². The van der Waals surface area contributed by atoms with Crippen molar-refractivity contribution >= 4 is 0 Å². The van der Waals surface area contributed by atoms with Crippen LogP contribution in [0.1, 0.15) is 0 Å². The first-order chi connectivity index (χ1) is 2.50. The Hall–Kier alpha value is -0.790. The maximum Gasteiger partial charge on any atom is 0.285 e. The summed E-state index contributed by atoms with van der Waals surface area (Å²) in [6.45, 7) is 0. The van der Waals surface area contributed by atoms with Crippen LogP contribution < -0.4 is 0 Å². The third-order valence-corrected chi connectivity index (χ3v) is 0.244. The monoisotopic (exact) mass is 66.0 g/mol. The average molecular weight is 66.0 g/mol. The second kappa shape index (κ2) is 0.885. The molecule has 1 aromatic heterocycles. The van der Waals surface area contributed by atoms with Crippen LogP contribution in [-0.4, -0.2) is 4.98 Å². The second-order valence-corrected chi connectivity index (χ2v) is 0.519. The summed E-state index contributed by atoms with van der Waals surface area (Å²) in [5.41, 5.74) is 0. The van der Waals surface area contributed by atoms with E-state index in [1.165, 1.54) is 0 Å². The van der Waals surface area contributed by atoms with Gasteiger partial charge in [0.05, 0.1) is 0 Å². The molecule has 3 radical (unpaired) electrons. The molecule has 5 heavy (non-hydrogen) atoms. The lowest BCUT2D eigenvalue weighted by Gasteiger charge is -1.42. The van der Waals surface area contributed by atoms with Crippen molar-refractivity contribution in [3.8, 4) is 0 Å². The summed E-state index contributed by atoms with van der Waals surface area (Å²) < 4.78 is 4.17. The van der Waals surface area contributed by atoms with E-state index in [0.29, 0.717) is 0 Å². The Morgan fingerprint density at radius 2 is 2.60 bits per heavy atom. The van der Waals surface area contributed by atoms with E-state index in [4.69, 9.17) is 0 Å². The van der Waals surface area contributed by atoms with E-state index in [1.54, 1.807) is 0 Å². The van der Waals surface area contributed by atoms with Gasteiger partial charge in [0.15, 0.2) is 0 Å². The van der Waals surface area contributed by atoms with Gasteiger partial charge in [0.2, 0.25) is 6.26 Å². The number of hydrogen-bond donors (Lipinski definition) is 0. The molecule has 0 saturated carbocycles. The van der Waals surface area contributed by atoms with Crippen molar-refractivity contribution in [2.75, 3.05) is 0 Å². The quantitative estimate of drug-likeness (QED) is 0.428. The number of rotatable bonds is 0. The fourth-order valence-corrected chi connectivity index (χ4v) is 0.114. The molecule has 0 N–H and O–H groups in total. The smallest absolute Gasteiger partial charge is 0.285 e. The highest BCUT2D eigenvalue weighted by Crippen LogP contribution is 1.67. The first-order valence-corrected chi connectivity index (χ1v) is 1.11. The van der Waals surface area contributed by atoms with Crippen LogP contribution in [0.5, 0.6) is 0 Å². The molecule has 0 spiro atoms. The van der Waals surface area contributed by atoms with Gasteiger partial charge in [-0.05, 0) is 0 Å². The Balaban J connectivity index is 3.13. The lowest BCUT2D eigenvalue weighted by atomic mass is 11.0. The van der Waals surface area contributed by atoms with Crippen LogP contribution in [0.3, 0.4) is 0 Å². The summed E-state index contributed by atoms with van der Waals surface area (Å²) in [6.07, 6.45) is 6.58. The molecule has 0 aliphatic rings. The molecule has 0 unspecified atom stereocenters. The molecule has 1 aromatic rings. The highest BCUT2D eigenvalue weighted by atomic mass is 16.3. The van der Waals surface area contributed by atoms with Gasteiger partial charge in [0.25, 0.3) is 6.39 Å². The first-order valence-electron chi connectivity index (χ1n) is 1.11. The fourth-order valence-electron chi connectivity index (χ4n) is 0.114. The van der Waals surface area contributed by atoms with Gasteiger partial charge < -0.3 is 4.42 Å². The van der Waals surface area contributed by atoms with E-state index < -0.39 is 0 Å². The molecule has 1 rings (SSSR count). The molecule has 0 fully saturated rings. The highest BCUT2D eigenvalue weighted by Gasteiger charge is 1.66. The van der Waals surface area contributed by atoms with Crippen molar-refractivity contribution in [1.29, 1.82) is 0 Å². The van der Waals surface area contributed by atoms with Crippen LogP contribution in [0.15, 0.2) is 4.42 Å². The van der Waals surface area contributed by atoms with E-state index in [9.17, 15) is 0 Å². The predicted molar refractivity (Wildman–Crippen MR) is 13.0 cm³/mol. The summed E-state index contributed by atoms with van der Waals surface area (Å²) in [5, 5.41) is 0. The highest BCUT2D eigenvalue weighted by molar-refractivity contribution is 4.47. The van der Waals surface area contributed by atoms with Crippen molar-refractivity contribution in [2.24, 2.45) is 0 Å². The molecule has 2 heteroatoms. The summed E-state index contributed by atoms with van der Waals surface area (Å²) in [5.74, 6) is 0. The summed E-state index contributed by atoms with van der Waals surface area (Å²) in [7, 11) is 0. The third-order valence-electron chi connectivity index (χ3n) is 0.244. The normalized spacial score (nSPS) is 8.00. The van der Waals surface area contributed by atoms with Gasteiger partial charge in [-0.1, -0.05) is 0 Å². The Bertz CT molecular complexity index is 63.4. The van der Waals surface area contributed by atoms with Crippen LogP contribution >= 0.6 is 0 Å². The molecule has 0 aliphatic heterocycles. The Morgan fingerprint density at radius 1 is 1.60 bits per heavy atom. The average Bonchev–Trinajstić information content (AvgIpc) is 1.76. The van der Waals surface area contributed by atoms with Crippen LogP contribution in [-0.2, 0) is 0 Å². The first kappa shape index (κ1) is 2.45. The molecular weight excluding hydrogens is 66.0 g/mol. The van der Waals surface area contributed by atoms with Crippen molar-refractivity contribution in [1.82, 2.24) is 4.98 Å². The van der Waals surface area contributed by atoms with Crippen LogP contribution in [0, 0.1) is 18.9 Å². The second-order valence-electron chi connectivity index (χ2n) is 0.519. The zero-order valence-electron chi connectivity index (χ0n) is 2.36. The van der Waals surface area contributed by atoms with Gasteiger partial charge in [0, 0.05) is 0 Å². The van der Waals surface area contributed by atoms with Gasteiger partial charge in [-0.3, -0.25) is 0 Å². The third kappa shape index (κ3) is 0.265. The summed E-state index contributed by atoms with van der Waals surface area (Å²) in [4.78, 5) is 3.25. The minimum absolute atomic E-state index is 2.12. The Kier molecular flexibility index (Phi) is 0.433. The maximum atomic E-state index is 4.17. The predicted octanol–water partition coefficient (Wildman–Crippen LogP) is 0.0752. The van der Waals surface area contributed by atoms with E-state index in [1.807, 2.05) is 0 Å². The van der Waals surface area contributed by atoms with Crippen LogP contribution in [0.4, 0.5) is 0 Å². The number of oxazole rings is 1. The van der Waals surface area contributed by atoms with E-state index in [0.717, 1.165) is 0 Å². The van der Waals surface area contributed by atoms with Crippen molar-refractivity contribution in [3.63, 3.8) is 0 Å². The van der Waals surface area contributed by atoms with E-state index in [-0.39, 0.29) is 0 Å². The molecule has 0 bridgehead atoms. The maximum absolute atomic E-state index is 4.17. The standard InChI is InChI=1S/C3NO/c1-2-5-3-4-1. The molecule has 0 aliphatic carbocycles.